The first kappa shape index (κ1) is 15.5. The molecule has 0 spiro atoms. The van der Waals surface area contributed by atoms with E-state index in [0.29, 0.717) is 5.92 Å². The zero-order chi connectivity index (χ0) is 16.2. The first-order valence-electron chi connectivity index (χ1n) is 8.24. The van der Waals surface area contributed by atoms with E-state index >= 15 is 0 Å². The Balaban J connectivity index is 1.90. The summed E-state index contributed by atoms with van der Waals surface area (Å²) in [5, 5.41) is 0. The highest BCUT2D eigenvalue weighted by Gasteiger charge is 2.36. The summed E-state index contributed by atoms with van der Waals surface area (Å²) in [5.74, 6) is 1.18. The van der Waals surface area contributed by atoms with Gasteiger partial charge >= 0.3 is 0 Å². The molecule has 118 valence electrons. The van der Waals surface area contributed by atoms with E-state index in [1.807, 2.05) is 48.5 Å². The number of rotatable bonds is 5. The van der Waals surface area contributed by atoms with Crippen molar-refractivity contribution in [3.05, 3.63) is 78.4 Å². The fourth-order valence-electron chi connectivity index (χ4n) is 2.91. The van der Waals surface area contributed by atoms with Crippen LogP contribution in [0.4, 0.5) is 0 Å². The van der Waals surface area contributed by atoms with Gasteiger partial charge in [-0.3, -0.25) is 0 Å². The quantitative estimate of drug-likeness (QED) is 0.765. The lowest BCUT2D eigenvalue weighted by atomic mass is 9.89. The van der Waals surface area contributed by atoms with Crippen LogP contribution in [0.15, 0.2) is 72.2 Å². The molecule has 2 nitrogen and oxygen atoms in total. The molecule has 0 saturated heterocycles. The average molecular weight is 305 g/mol. The third kappa shape index (κ3) is 3.21. The van der Waals surface area contributed by atoms with Crippen LogP contribution < -0.4 is 0 Å². The molecule has 0 fully saturated rings. The molecule has 1 heterocycles. The number of hydrogen-bond acceptors (Lipinski definition) is 2. The minimum Gasteiger partial charge on any atom is -0.467 e. The molecular weight excluding hydrogens is 282 g/mol. The highest BCUT2D eigenvalue weighted by molar-refractivity contribution is 5.96. The number of benzene rings is 2. The lowest BCUT2D eigenvalue weighted by Gasteiger charge is -2.24. The lowest BCUT2D eigenvalue weighted by molar-refractivity contribution is 0.221. The molecule has 0 saturated carbocycles. The van der Waals surface area contributed by atoms with Crippen LogP contribution in [-0.4, -0.2) is 18.0 Å². The Kier molecular flexibility index (Phi) is 4.61. The molecule has 1 aliphatic rings. The predicted molar refractivity (Wildman–Crippen MR) is 96.6 cm³/mol. The second-order valence-electron chi connectivity index (χ2n) is 6.11. The van der Waals surface area contributed by atoms with E-state index < -0.39 is 0 Å². The molecule has 0 N–H and O–H groups in total. The second-order valence-corrected chi connectivity index (χ2v) is 6.11. The monoisotopic (exact) mass is 305 g/mol. The Labute approximate surface area is 138 Å². The minimum absolute atomic E-state index is 0.0949. The van der Waals surface area contributed by atoms with Gasteiger partial charge in [0.25, 0.3) is 0 Å². The number of aliphatic imine (C=N–C) groups is 1. The van der Waals surface area contributed by atoms with Crippen LogP contribution in [0.5, 0.6) is 0 Å². The maximum atomic E-state index is 6.25. The highest BCUT2D eigenvalue weighted by atomic mass is 16.5. The maximum absolute atomic E-state index is 6.25. The standard InChI is InChI=1S/C21H23NO/c1-4-15(2)19-20(16(3)17-11-7-5-8-12-17)23-21(22-19)18-13-9-6-10-14-18/h5-15,19-20H,3-4H2,1-2H3/t15?,19-,20-/m0/s1. The molecule has 3 atom stereocenters. The third-order valence-electron chi connectivity index (χ3n) is 4.55. The van der Waals surface area contributed by atoms with E-state index in [1.165, 1.54) is 0 Å². The van der Waals surface area contributed by atoms with Crippen molar-refractivity contribution in [1.82, 2.24) is 0 Å². The van der Waals surface area contributed by atoms with Gasteiger partial charge in [0.1, 0.15) is 6.10 Å². The van der Waals surface area contributed by atoms with Crippen molar-refractivity contribution >= 4 is 11.5 Å². The normalized spacial score (nSPS) is 21.4. The zero-order valence-corrected chi connectivity index (χ0v) is 13.8. The summed E-state index contributed by atoms with van der Waals surface area (Å²) in [5.41, 5.74) is 3.16. The zero-order valence-electron chi connectivity index (χ0n) is 13.8. The molecule has 2 aromatic rings. The van der Waals surface area contributed by atoms with Gasteiger partial charge in [-0.15, -0.1) is 0 Å². The third-order valence-corrected chi connectivity index (χ3v) is 4.55. The van der Waals surface area contributed by atoms with Crippen molar-refractivity contribution in [3.63, 3.8) is 0 Å². The van der Waals surface area contributed by atoms with Gasteiger partial charge in [0.05, 0.1) is 6.04 Å². The molecule has 2 aromatic carbocycles. The largest absolute Gasteiger partial charge is 0.467 e. The Bertz CT molecular complexity index is 690. The maximum Gasteiger partial charge on any atom is 0.217 e. The van der Waals surface area contributed by atoms with Crippen LogP contribution in [0, 0.1) is 5.92 Å². The van der Waals surface area contributed by atoms with E-state index in [1.54, 1.807) is 0 Å². The van der Waals surface area contributed by atoms with Crippen molar-refractivity contribution in [2.45, 2.75) is 32.4 Å². The first-order valence-corrected chi connectivity index (χ1v) is 8.24. The molecule has 0 aliphatic carbocycles. The summed E-state index contributed by atoms with van der Waals surface area (Å²) < 4.78 is 6.25. The van der Waals surface area contributed by atoms with Crippen LogP contribution in [0.1, 0.15) is 31.4 Å². The van der Waals surface area contributed by atoms with Gasteiger partial charge in [-0.1, -0.05) is 75.4 Å². The van der Waals surface area contributed by atoms with Gasteiger partial charge in [-0.2, -0.15) is 0 Å². The summed E-state index contributed by atoms with van der Waals surface area (Å²) in [7, 11) is 0. The number of ether oxygens (including phenoxy) is 1. The van der Waals surface area contributed by atoms with E-state index in [9.17, 15) is 0 Å². The fourth-order valence-corrected chi connectivity index (χ4v) is 2.91. The van der Waals surface area contributed by atoms with Gasteiger partial charge < -0.3 is 4.74 Å². The van der Waals surface area contributed by atoms with Crippen molar-refractivity contribution in [2.24, 2.45) is 10.9 Å². The van der Waals surface area contributed by atoms with Crippen molar-refractivity contribution in [1.29, 1.82) is 0 Å². The van der Waals surface area contributed by atoms with Gasteiger partial charge in [-0.25, -0.2) is 4.99 Å². The second kappa shape index (κ2) is 6.82. The van der Waals surface area contributed by atoms with Crippen molar-refractivity contribution in [2.75, 3.05) is 0 Å². The smallest absolute Gasteiger partial charge is 0.217 e. The van der Waals surface area contributed by atoms with E-state index in [-0.39, 0.29) is 12.1 Å². The topological polar surface area (TPSA) is 21.6 Å². The van der Waals surface area contributed by atoms with E-state index in [2.05, 4.69) is 32.6 Å². The Morgan fingerprint density at radius 1 is 1.09 bits per heavy atom. The SMILES string of the molecule is C=C(c1ccccc1)[C@@H]1OC(c2ccccc2)=N[C@H]1C(C)CC. The van der Waals surface area contributed by atoms with Gasteiger partial charge in [-0.05, 0) is 29.2 Å². The van der Waals surface area contributed by atoms with Gasteiger partial charge in [0.15, 0.2) is 0 Å². The molecule has 0 radical (unpaired) electrons. The summed E-state index contributed by atoms with van der Waals surface area (Å²) in [4.78, 5) is 4.89. The molecule has 23 heavy (non-hydrogen) atoms. The highest BCUT2D eigenvalue weighted by Crippen LogP contribution is 2.33. The molecule has 1 unspecified atom stereocenters. The van der Waals surface area contributed by atoms with Crippen molar-refractivity contribution < 1.29 is 4.74 Å². The first-order chi connectivity index (χ1) is 11.2. The summed E-state index contributed by atoms with van der Waals surface area (Å²) in [6.07, 6.45) is 0.973. The number of hydrogen-bond donors (Lipinski definition) is 0. The predicted octanol–water partition coefficient (Wildman–Crippen LogP) is 4.96. The molecule has 3 rings (SSSR count). The van der Waals surface area contributed by atoms with Gasteiger partial charge in [0.2, 0.25) is 5.90 Å². The van der Waals surface area contributed by atoms with Gasteiger partial charge in [0, 0.05) is 5.56 Å². The molecular formula is C21H23NO. The van der Waals surface area contributed by atoms with Crippen LogP contribution in [0.2, 0.25) is 0 Å². The van der Waals surface area contributed by atoms with Crippen LogP contribution in [0.25, 0.3) is 5.57 Å². The van der Waals surface area contributed by atoms with Crippen LogP contribution in [-0.2, 0) is 4.74 Å². The van der Waals surface area contributed by atoms with E-state index in [0.717, 1.165) is 29.0 Å². The molecule has 1 aliphatic heterocycles. The average Bonchev–Trinajstić information content (AvgIpc) is 3.07. The summed E-state index contributed by atoms with van der Waals surface area (Å²) in [6, 6.07) is 20.5. The molecule has 0 amide bonds. The molecule has 0 aromatic heterocycles. The molecule has 0 bridgehead atoms. The summed E-state index contributed by atoms with van der Waals surface area (Å²) >= 11 is 0. The van der Waals surface area contributed by atoms with E-state index in [4.69, 9.17) is 9.73 Å². The minimum atomic E-state index is -0.0949. The number of nitrogens with zero attached hydrogens (tertiary/aromatic N) is 1. The van der Waals surface area contributed by atoms with Crippen LogP contribution in [0.3, 0.4) is 0 Å². The Morgan fingerprint density at radius 3 is 2.30 bits per heavy atom. The van der Waals surface area contributed by atoms with Crippen LogP contribution >= 0.6 is 0 Å². The fraction of sp³-hybridized carbons (Fsp3) is 0.286. The Hall–Kier alpha value is -2.35. The van der Waals surface area contributed by atoms with Crippen molar-refractivity contribution in [3.8, 4) is 0 Å². The molecule has 2 heteroatoms. The summed E-state index contributed by atoms with van der Waals surface area (Å²) in [6.45, 7) is 8.73. The Morgan fingerprint density at radius 2 is 1.70 bits per heavy atom. The lowest BCUT2D eigenvalue weighted by Crippen LogP contribution is -2.29.